The predicted molar refractivity (Wildman–Crippen MR) is 63.0 cm³/mol. The van der Waals surface area contributed by atoms with E-state index in [9.17, 15) is 13.2 Å². The van der Waals surface area contributed by atoms with E-state index in [1.807, 2.05) is 0 Å². The average Bonchev–Trinajstić information content (AvgIpc) is 2.72. The van der Waals surface area contributed by atoms with E-state index in [0.717, 1.165) is 10.9 Å². The standard InChI is InChI=1S/C10H6Cl2F3N3/c11-6-1-8(16)9(2-7(6)12)18-4-5(3-17-18)10(13,14)15/h1-4H,16H2. The summed E-state index contributed by atoms with van der Waals surface area (Å²) in [6, 6.07) is 2.71. The molecule has 0 aliphatic rings. The Morgan fingerprint density at radius 3 is 2.33 bits per heavy atom. The van der Waals surface area contributed by atoms with E-state index in [2.05, 4.69) is 5.10 Å². The molecular weight excluding hydrogens is 290 g/mol. The maximum atomic E-state index is 12.4. The highest BCUT2D eigenvalue weighted by atomic mass is 35.5. The summed E-state index contributed by atoms with van der Waals surface area (Å²) in [7, 11) is 0. The molecule has 0 amide bonds. The first-order chi connectivity index (χ1) is 8.29. The Kier molecular flexibility index (Phi) is 3.16. The lowest BCUT2D eigenvalue weighted by molar-refractivity contribution is -0.137. The summed E-state index contributed by atoms with van der Waals surface area (Å²) in [5.74, 6) is 0. The Balaban J connectivity index is 2.50. The zero-order chi connectivity index (χ0) is 13.5. The Labute approximate surface area is 110 Å². The zero-order valence-electron chi connectivity index (χ0n) is 8.67. The van der Waals surface area contributed by atoms with Crippen LogP contribution in [0.5, 0.6) is 0 Å². The highest BCUT2D eigenvalue weighted by molar-refractivity contribution is 6.42. The largest absolute Gasteiger partial charge is 0.419 e. The summed E-state index contributed by atoms with van der Waals surface area (Å²) >= 11 is 11.5. The number of benzene rings is 1. The van der Waals surface area contributed by atoms with E-state index in [0.29, 0.717) is 6.20 Å². The van der Waals surface area contributed by atoms with Gasteiger partial charge in [0.2, 0.25) is 0 Å². The van der Waals surface area contributed by atoms with E-state index in [1.165, 1.54) is 12.1 Å². The van der Waals surface area contributed by atoms with Crippen LogP contribution in [0.4, 0.5) is 18.9 Å². The molecule has 96 valence electrons. The van der Waals surface area contributed by atoms with Crippen LogP contribution in [-0.2, 0) is 6.18 Å². The second-order valence-corrected chi connectivity index (χ2v) is 4.31. The van der Waals surface area contributed by atoms with Crippen LogP contribution in [0, 0.1) is 0 Å². The number of anilines is 1. The molecule has 0 radical (unpaired) electrons. The summed E-state index contributed by atoms with van der Waals surface area (Å²) < 4.78 is 38.3. The number of halogens is 5. The molecule has 2 N–H and O–H groups in total. The van der Waals surface area contributed by atoms with Crippen molar-refractivity contribution < 1.29 is 13.2 Å². The SMILES string of the molecule is Nc1cc(Cl)c(Cl)cc1-n1cc(C(F)(F)F)cn1. The summed E-state index contributed by atoms with van der Waals surface area (Å²) in [6.07, 6.45) is -2.92. The molecule has 0 unspecified atom stereocenters. The Morgan fingerprint density at radius 2 is 1.78 bits per heavy atom. The van der Waals surface area contributed by atoms with Gasteiger partial charge in [-0.15, -0.1) is 0 Å². The highest BCUT2D eigenvalue weighted by Gasteiger charge is 2.32. The molecule has 1 heterocycles. The molecule has 8 heteroatoms. The molecule has 0 fully saturated rings. The van der Waals surface area contributed by atoms with Crippen LogP contribution < -0.4 is 5.73 Å². The maximum absolute atomic E-state index is 12.4. The van der Waals surface area contributed by atoms with Crippen LogP contribution in [0.15, 0.2) is 24.5 Å². The fourth-order valence-corrected chi connectivity index (χ4v) is 1.68. The summed E-state index contributed by atoms with van der Waals surface area (Å²) in [5, 5.41) is 4.01. The molecule has 1 aromatic carbocycles. The summed E-state index contributed by atoms with van der Waals surface area (Å²) in [4.78, 5) is 0. The van der Waals surface area contributed by atoms with Crippen LogP contribution in [0.3, 0.4) is 0 Å². The van der Waals surface area contributed by atoms with Gasteiger partial charge in [0.15, 0.2) is 0 Å². The van der Waals surface area contributed by atoms with Crippen molar-refractivity contribution in [3.63, 3.8) is 0 Å². The van der Waals surface area contributed by atoms with Crippen molar-refractivity contribution in [2.24, 2.45) is 0 Å². The van der Waals surface area contributed by atoms with Crippen molar-refractivity contribution >= 4 is 28.9 Å². The first-order valence-electron chi connectivity index (χ1n) is 4.66. The Bertz CT molecular complexity index is 593. The molecule has 2 aromatic rings. The molecule has 0 aliphatic carbocycles. The van der Waals surface area contributed by atoms with E-state index in [1.54, 1.807) is 0 Å². The lowest BCUT2D eigenvalue weighted by Crippen LogP contribution is -2.04. The van der Waals surface area contributed by atoms with E-state index < -0.39 is 11.7 Å². The number of rotatable bonds is 1. The van der Waals surface area contributed by atoms with Gasteiger partial charge in [0.25, 0.3) is 0 Å². The zero-order valence-corrected chi connectivity index (χ0v) is 10.2. The highest BCUT2D eigenvalue weighted by Crippen LogP contribution is 2.32. The summed E-state index contributed by atoms with van der Waals surface area (Å²) in [5.41, 5.74) is 5.21. The minimum Gasteiger partial charge on any atom is -0.397 e. The van der Waals surface area contributed by atoms with Gasteiger partial charge in [0.1, 0.15) is 0 Å². The van der Waals surface area contributed by atoms with E-state index >= 15 is 0 Å². The fourth-order valence-electron chi connectivity index (χ4n) is 1.35. The van der Waals surface area contributed by atoms with Gasteiger partial charge in [-0.1, -0.05) is 23.2 Å². The van der Waals surface area contributed by atoms with Crippen LogP contribution in [0.2, 0.25) is 10.0 Å². The van der Waals surface area contributed by atoms with Gasteiger partial charge in [-0.25, -0.2) is 4.68 Å². The van der Waals surface area contributed by atoms with Crippen molar-refractivity contribution in [2.75, 3.05) is 5.73 Å². The quantitative estimate of drug-likeness (QED) is 0.814. The number of aromatic nitrogens is 2. The molecule has 2 rings (SSSR count). The fraction of sp³-hybridized carbons (Fsp3) is 0.100. The van der Waals surface area contributed by atoms with Crippen LogP contribution >= 0.6 is 23.2 Å². The molecule has 0 atom stereocenters. The number of hydrogen-bond donors (Lipinski definition) is 1. The Hall–Kier alpha value is -1.40. The number of alkyl halides is 3. The van der Waals surface area contributed by atoms with Gasteiger partial charge in [-0.3, -0.25) is 0 Å². The van der Waals surface area contributed by atoms with Gasteiger partial charge in [-0.2, -0.15) is 18.3 Å². The van der Waals surface area contributed by atoms with Gasteiger partial charge in [-0.05, 0) is 12.1 Å². The Morgan fingerprint density at radius 1 is 1.17 bits per heavy atom. The molecular formula is C10H6Cl2F3N3. The number of nitrogens with two attached hydrogens (primary N) is 1. The van der Waals surface area contributed by atoms with Crippen molar-refractivity contribution in [3.8, 4) is 5.69 Å². The molecule has 3 nitrogen and oxygen atoms in total. The maximum Gasteiger partial charge on any atom is 0.419 e. The normalized spacial score (nSPS) is 11.8. The van der Waals surface area contributed by atoms with Crippen LogP contribution in [0.1, 0.15) is 5.56 Å². The topological polar surface area (TPSA) is 43.8 Å². The van der Waals surface area contributed by atoms with Crippen LogP contribution in [-0.4, -0.2) is 9.78 Å². The molecule has 0 saturated carbocycles. The van der Waals surface area contributed by atoms with Gasteiger partial charge >= 0.3 is 6.18 Å². The molecule has 0 saturated heterocycles. The third-order valence-electron chi connectivity index (χ3n) is 2.23. The second kappa shape index (κ2) is 4.37. The molecule has 18 heavy (non-hydrogen) atoms. The van der Waals surface area contributed by atoms with Gasteiger partial charge in [0, 0.05) is 6.20 Å². The molecule has 0 spiro atoms. The second-order valence-electron chi connectivity index (χ2n) is 3.50. The van der Waals surface area contributed by atoms with Gasteiger partial charge < -0.3 is 5.73 Å². The number of nitrogen functional groups attached to an aromatic ring is 1. The molecule has 0 bridgehead atoms. The first kappa shape index (κ1) is 13.0. The minimum atomic E-state index is -4.46. The van der Waals surface area contributed by atoms with Crippen molar-refractivity contribution in [1.82, 2.24) is 9.78 Å². The van der Waals surface area contributed by atoms with Crippen molar-refractivity contribution in [3.05, 3.63) is 40.1 Å². The van der Waals surface area contributed by atoms with Crippen molar-refractivity contribution in [2.45, 2.75) is 6.18 Å². The number of hydrogen-bond acceptors (Lipinski definition) is 2. The van der Waals surface area contributed by atoms with Crippen molar-refractivity contribution in [1.29, 1.82) is 0 Å². The monoisotopic (exact) mass is 295 g/mol. The lowest BCUT2D eigenvalue weighted by Gasteiger charge is -2.07. The van der Waals surface area contributed by atoms with E-state index in [-0.39, 0.29) is 21.4 Å². The third-order valence-corrected chi connectivity index (χ3v) is 2.95. The lowest BCUT2D eigenvalue weighted by atomic mass is 10.2. The van der Waals surface area contributed by atoms with Crippen LogP contribution in [0.25, 0.3) is 5.69 Å². The molecule has 1 aromatic heterocycles. The molecule has 0 aliphatic heterocycles. The number of nitrogens with zero attached hydrogens (tertiary/aromatic N) is 2. The summed E-state index contributed by atoms with van der Waals surface area (Å²) in [6.45, 7) is 0. The predicted octanol–water partition coefficient (Wildman–Crippen LogP) is 3.78. The first-order valence-corrected chi connectivity index (χ1v) is 5.41. The minimum absolute atomic E-state index is 0.182. The average molecular weight is 296 g/mol. The smallest absolute Gasteiger partial charge is 0.397 e. The third kappa shape index (κ3) is 2.39. The van der Waals surface area contributed by atoms with E-state index in [4.69, 9.17) is 28.9 Å². The van der Waals surface area contributed by atoms with Gasteiger partial charge in [0.05, 0.1) is 33.2 Å².